The summed E-state index contributed by atoms with van der Waals surface area (Å²) in [6, 6.07) is 0. The Morgan fingerprint density at radius 1 is 1.57 bits per heavy atom. The molecular weight excluding hydrogens is 127 g/mol. The molecule has 0 aromatic heterocycles. The Balaban J connectivity index is -0.000000125. The molecule has 4 nitrogen and oxygen atoms in total. The molecule has 7 heavy (non-hydrogen) atoms. The first-order valence-electron chi connectivity index (χ1n) is 1.23. The Morgan fingerprint density at radius 3 is 1.71 bits per heavy atom. The molecule has 0 aromatic carbocycles. The van der Waals surface area contributed by atoms with Gasteiger partial charge in [-0.15, -0.1) is 0 Å². The van der Waals surface area contributed by atoms with Crippen LogP contribution in [0.25, 0.3) is 0 Å². The summed E-state index contributed by atoms with van der Waals surface area (Å²) in [6.45, 7) is 0. The summed E-state index contributed by atoms with van der Waals surface area (Å²) in [7, 11) is 0. The first-order valence-corrected chi connectivity index (χ1v) is 1.23. The van der Waals surface area contributed by atoms with Gasteiger partial charge in [-0.25, -0.2) is 4.79 Å². The van der Waals surface area contributed by atoms with E-state index >= 15 is 0 Å². The molecule has 0 heterocycles. The third-order valence-electron chi connectivity index (χ3n) is 0.221. The van der Waals surface area contributed by atoms with Crippen molar-refractivity contribution in [1.29, 1.82) is 0 Å². The average molecular weight is 132 g/mol. The molecule has 0 rings (SSSR count). The van der Waals surface area contributed by atoms with Crippen LogP contribution in [-0.4, -0.2) is 27.6 Å². The molecule has 0 amide bonds. The van der Waals surface area contributed by atoms with Crippen molar-refractivity contribution in [3.63, 3.8) is 0 Å². The molecule has 0 saturated heterocycles. The van der Waals surface area contributed by atoms with Gasteiger partial charge in [-0.3, -0.25) is 0 Å². The molecule has 0 fully saturated rings. The van der Waals surface area contributed by atoms with Crippen molar-refractivity contribution in [3.8, 4) is 0 Å². The number of aliphatic hydroxyl groups is 2. The number of hydrogen-bond acceptors (Lipinski definition) is 3. The predicted molar refractivity (Wildman–Crippen MR) is 17.0 cm³/mol. The maximum absolute atomic E-state index is 9.20. The molecule has 0 spiro atoms. The second-order valence-corrected chi connectivity index (χ2v) is 0.712. The molecule has 0 aliphatic rings. The Kier molecular flexibility index (Phi) is 8.06. The summed E-state index contributed by atoms with van der Waals surface area (Å²) in [5, 5.41) is 22.7. The van der Waals surface area contributed by atoms with Gasteiger partial charge in [0.25, 0.3) is 6.29 Å². The number of aliphatic hydroxyl groups excluding tert-OH is 1. The van der Waals surface area contributed by atoms with Crippen LogP contribution in [0.3, 0.4) is 0 Å². The van der Waals surface area contributed by atoms with Crippen molar-refractivity contribution < 1.29 is 72.9 Å². The van der Waals surface area contributed by atoms with E-state index in [4.69, 9.17) is 15.3 Å². The number of carboxylic acid groups (broad SMARTS) is 1. The summed E-state index contributed by atoms with van der Waals surface area (Å²) in [5.74, 6) is -1.63. The van der Waals surface area contributed by atoms with Crippen molar-refractivity contribution in [2.45, 2.75) is 6.29 Å². The molecule has 0 radical (unpaired) electrons. The molecule has 0 atom stereocenters. The van der Waals surface area contributed by atoms with Crippen molar-refractivity contribution >= 4 is 5.97 Å². The number of aliphatic carboxylic acids is 1. The molecule has 0 aromatic rings. The van der Waals surface area contributed by atoms with Gasteiger partial charge in [0.15, 0.2) is 0 Å². The van der Waals surface area contributed by atoms with E-state index in [1.165, 1.54) is 0 Å². The van der Waals surface area contributed by atoms with E-state index in [9.17, 15) is 4.79 Å². The predicted octanol–water partition coefficient (Wildman–Crippen LogP) is -4.50. The van der Waals surface area contributed by atoms with Gasteiger partial charge in [-0.2, -0.15) is 0 Å². The average Bonchev–Trinajstić information content (AvgIpc) is 1.36. The Morgan fingerprint density at radius 2 is 1.71 bits per heavy atom. The second-order valence-electron chi connectivity index (χ2n) is 0.712. The number of hydrogen-bond donors (Lipinski definition) is 3. The van der Waals surface area contributed by atoms with Crippen molar-refractivity contribution in [2.75, 3.05) is 0 Å². The van der Waals surface area contributed by atoms with E-state index < -0.39 is 12.3 Å². The standard InChI is InChI=1S/C2H4O4.K.H/c3-1(4)2(5)6;;/h1,3-4H,(H,5,6);;/q;+1;-1. The van der Waals surface area contributed by atoms with Crippen LogP contribution in [0.15, 0.2) is 0 Å². The monoisotopic (exact) mass is 132 g/mol. The fraction of sp³-hybridized carbons (Fsp3) is 0.500. The minimum absolute atomic E-state index is 0. The van der Waals surface area contributed by atoms with Crippen molar-refractivity contribution in [3.05, 3.63) is 0 Å². The minimum Gasteiger partial charge on any atom is -1.00 e. The topological polar surface area (TPSA) is 77.8 Å². The van der Waals surface area contributed by atoms with E-state index in [1.54, 1.807) is 0 Å². The molecule has 3 N–H and O–H groups in total. The Labute approximate surface area is 84.1 Å². The molecular formula is C2H5KO4. The van der Waals surface area contributed by atoms with Crippen LogP contribution in [0.2, 0.25) is 0 Å². The Hall–Kier alpha value is 1.03. The van der Waals surface area contributed by atoms with Gasteiger partial charge in [0.1, 0.15) is 0 Å². The molecule has 5 heteroatoms. The number of carbonyl (C=O) groups is 1. The number of carboxylic acids is 1. The molecule has 0 saturated carbocycles. The van der Waals surface area contributed by atoms with E-state index in [-0.39, 0.29) is 52.8 Å². The van der Waals surface area contributed by atoms with Gasteiger partial charge < -0.3 is 16.7 Å². The van der Waals surface area contributed by atoms with Gasteiger partial charge in [0.05, 0.1) is 0 Å². The van der Waals surface area contributed by atoms with Gasteiger partial charge in [-0.05, 0) is 0 Å². The summed E-state index contributed by atoms with van der Waals surface area (Å²) in [4.78, 5) is 9.20. The molecule has 38 valence electrons. The minimum atomic E-state index is -2.23. The Bertz CT molecular complexity index is 65.1. The summed E-state index contributed by atoms with van der Waals surface area (Å²) in [6.07, 6.45) is -2.23. The first-order chi connectivity index (χ1) is 2.64. The van der Waals surface area contributed by atoms with Crippen LogP contribution in [0.1, 0.15) is 1.43 Å². The third kappa shape index (κ3) is 7.03. The molecule has 0 aliphatic carbocycles. The van der Waals surface area contributed by atoms with Crippen molar-refractivity contribution in [1.82, 2.24) is 0 Å². The van der Waals surface area contributed by atoms with Gasteiger partial charge in [0.2, 0.25) is 0 Å². The zero-order chi connectivity index (χ0) is 5.15. The van der Waals surface area contributed by atoms with E-state index in [0.717, 1.165) is 0 Å². The van der Waals surface area contributed by atoms with Crippen LogP contribution in [0, 0.1) is 0 Å². The number of rotatable bonds is 1. The summed E-state index contributed by atoms with van der Waals surface area (Å²) >= 11 is 0. The van der Waals surface area contributed by atoms with E-state index in [2.05, 4.69) is 0 Å². The van der Waals surface area contributed by atoms with Gasteiger partial charge >= 0.3 is 57.4 Å². The fourth-order valence-corrected chi connectivity index (χ4v) is 0. The zero-order valence-corrected chi connectivity index (χ0v) is 6.95. The molecule has 0 unspecified atom stereocenters. The van der Waals surface area contributed by atoms with Crippen molar-refractivity contribution in [2.24, 2.45) is 0 Å². The zero-order valence-electron chi connectivity index (χ0n) is 4.83. The van der Waals surface area contributed by atoms with Crippen LogP contribution >= 0.6 is 0 Å². The van der Waals surface area contributed by atoms with Crippen LogP contribution in [0.4, 0.5) is 0 Å². The largest absolute Gasteiger partial charge is 1.00 e. The summed E-state index contributed by atoms with van der Waals surface area (Å²) in [5.41, 5.74) is 0. The van der Waals surface area contributed by atoms with E-state index in [1.807, 2.05) is 0 Å². The molecule has 0 bridgehead atoms. The summed E-state index contributed by atoms with van der Waals surface area (Å²) < 4.78 is 0. The van der Waals surface area contributed by atoms with Gasteiger partial charge in [0, 0.05) is 0 Å². The first kappa shape index (κ1) is 10.9. The maximum atomic E-state index is 9.20. The normalized spacial score (nSPS) is 7.86. The maximum Gasteiger partial charge on any atom is 1.00 e. The SMILES string of the molecule is O=C(O)C(O)O.[H-].[K+]. The van der Waals surface area contributed by atoms with E-state index in [0.29, 0.717) is 0 Å². The second kappa shape index (κ2) is 5.17. The van der Waals surface area contributed by atoms with Crippen LogP contribution in [-0.2, 0) is 4.79 Å². The molecule has 0 aliphatic heterocycles. The van der Waals surface area contributed by atoms with Crippen LogP contribution in [0.5, 0.6) is 0 Å². The quantitative estimate of drug-likeness (QED) is 0.248. The fourth-order valence-electron chi connectivity index (χ4n) is 0. The van der Waals surface area contributed by atoms with Gasteiger partial charge in [-0.1, -0.05) is 0 Å². The van der Waals surface area contributed by atoms with Crippen LogP contribution < -0.4 is 51.4 Å². The third-order valence-corrected chi connectivity index (χ3v) is 0.221. The smallest absolute Gasteiger partial charge is 1.00 e.